The van der Waals surface area contributed by atoms with Crippen LogP contribution >= 0.6 is 0 Å². The Bertz CT molecular complexity index is 451. The van der Waals surface area contributed by atoms with E-state index in [1.54, 1.807) is 4.90 Å². The maximum atomic E-state index is 13.3. The van der Waals surface area contributed by atoms with Gasteiger partial charge in [0, 0.05) is 25.2 Å². The third-order valence-corrected chi connectivity index (χ3v) is 3.00. The fourth-order valence-corrected chi connectivity index (χ4v) is 2.16. The SMILES string of the molecule is NC(=O)CN1C[C@@H](F)C[C@H]1CNC(=O)c1ccon1. The summed E-state index contributed by atoms with van der Waals surface area (Å²) in [6, 6.07) is 1.20. The topological polar surface area (TPSA) is 101 Å². The highest BCUT2D eigenvalue weighted by Crippen LogP contribution is 2.19. The summed E-state index contributed by atoms with van der Waals surface area (Å²) in [7, 11) is 0. The lowest BCUT2D eigenvalue weighted by molar-refractivity contribution is -0.119. The van der Waals surface area contributed by atoms with Gasteiger partial charge in [-0.3, -0.25) is 14.5 Å². The van der Waals surface area contributed by atoms with E-state index in [0.717, 1.165) is 0 Å². The number of aromatic nitrogens is 1. The number of nitrogens with one attached hydrogen (secondary N) is 1. The Morgan fingerprint density at radius 3 is 3.05 bits per heavy atom. The second kappa shape index (κ2) is 5.79. The first-order valence-electron chi connectivity index (χ1n) is 5.91. The van der Waals surface area contributed by atoms with Crippen molar-refractivity contribution in [2.24, 2.45) is 5.73 Å². The predicted molar refractivity (Wildman–Crippen MR) is 62.9 cm³/mol. The molecule has 1 saturated heterocycles. The molecule has 1 aliphatic heterocycles. The average molecular weight is 270 g/mol. The van der Waals surface area contributed by atoms with E-state index in [2.05, 4.69) is 15.0 Å². The van der Waals surface area contributed by atoms with Gasteiger partial charge in [0.15, 0.2) is 5.69 Å². The van der Waals surface area contributed by atoms with Crippen LogP contribution in [0.2, 0.25) is 0 Å². The van der Waals surface area contributed by atoms with Crippen LogP contribution in [0.1, 0.15) is 16.9 Å². The Balaban J connectivity index is 1.87. The lowest BCUT2D eigenvalue weighted by Crippen LogP contribution is -2.43. The van der Waals surface area contributed by atoms with Gasteiger partial charge in [-0.1, -0.05) is 5.16 Å². The molecule has 0 radical (unpaired) electrons. The van der Waals surface area contributed by atoms with Crippen molar-refractivity contribution in [1.82, 2.24) is 15.4 Å². The molecule has 1 aromatic rings. The summed E-state index contributed by atoms with van der Waals surface area (Å²) < 4.78 is 17.9. The van der Waals surface area contributed by atoms with Crippen molar-refractivity contribution in [2.75, 3.05) is 19.6 Å². The van der Waals surface area contributed by atoms with Crippen LogP contribution in [0.15, 0.2) is 16.9 Å². The Labute approximate surface area is 108 Å². The molecule has 2 atom stereocenters. The molecule has 19 heavy (non-hydrogen) atoms. The number of carbonyl (C=O) groups excluding carboxylic acids is 2. The third-order valence-electron chi connectivity index (χ3n) is 3.00. The molecule has 0 unspecified atom stereocenters. The normalized spacial score (nSPS) is 23.4. The number of halogens is 1. The fourth-order valence-electron chi connectivity index (χ4n) is 2.16. The molecule has 104 valence electrons. The standard InChI is InChI=1S/C11H15FN4O3/c12-7-3-8(16(5-7)6-10(13)17)4-14-11(18)9-1-2-19-15-9/h1-2,7-8H,3-6H2,(H2,13,17)(H,14,18)/t7-,8-/m0/s1. The maximum absolute atomic E-state index is 13.3. The van der Waals surface area contributed by atoms with Crippen LogP contribution in [-0.2, 0) is 4.79 Å². The van der Waals surface area contributed by atoms with E-state index in [4.69, 9.17) is 5.73 Å². The minimum Gasteiger partial charge on any atom is -0.369 e. The molecule has 1 fully saturated rings. The molecule has 1 aromatic heterocycles. The monoisotopic (exact) mass is 270 g/mol. The second-order valence-electron chi connectivity index (χ2n) is 4.48. The van der Waals surface area contributed by atoms with Crippen LogP contribution in [-0.4, -0.2) is 53.7 Å². The summed E-state index contributed by atoms with van der Waals surface area (Å²) in [6.07, 6.45) is 0.557. The number of hydrogen-bond donors (Lipinski definition) is 2. The average Bonchev–Trinajstić information content (AvgIpc) is 2.95. The van der Waals surface area contributed by atoms with Crippen LogP contribution in [0, 0.1) is 0 Å². The highest BCUT2D eigenvalue weighted by atomic mass is 19.1. The summed E-state index contributed by atoms with van der Waals surface area (Å²) in [5, 5.41) is 6.12. The van der Waals surface area contributed by atoms with Crippen molar-refractivity contribution >= 4 is 11.8 Å². The van der Waals surface area contributed by atoms with Crippen molar-refractivity contribution in [3.63, 3.8) is 0 Å². The summed E-state index contributed by atoms with van der Waals surface area (Å²) in [5.41, 5.74) is 5.26. The first kappa shape index (κ1) is 13.5. The summed E-state index contributed by atoms with van der Waals surface area (Å²) in [6.45, 7) is 0.387. The van der Waals surface area contributed by atoms with Crippen molar-refractivity contribution < 1.29 is 18.5 Å². The van der Waals surface area contributed by atoms with E-state index in [9.17, 15) is 14.0 Å². The molecule has 0 bridgehead atoms. The number of hydrogen-bond acceptors (Lipinski definition) is 5. The number of alkyl halides is 1. The van der Waals surface area contributed by atoms with E-state index >= 15 is 0 Å². The van der Waals surface area contributed by atoms with Crippen LogP contribution < -0.4 is 11.1 Å². The fraction of sp³-hybridized carbons (Fsp3) is 0.545. The van der Waals surface area contributed by atoms with E-state index < -0.39 is 18.0 Å². The van der Waals surface area contributed by atoms with Crippen molar-refractivity contribution in [3.05, 3.63) is 18.0 Å². The minimum absolute atomic E-state index is 0.00901. The number of amides is 2. The van der Waals surface area contributed by atoms with Gasteiger partial charge < -0.3 is 15.6 Å². The summed E-state index contributed by atoms with van der Waals surface area (Å²) >= 11 is 0. The Hall–Kier alpha value is -1.96. The zero-order chi connectivity index (χ0) is 13.8. The van der Waals surface area contributed by atoms with Crippen LogP contribution in [0.3, 0.4) is 0 Å². The molecule has 0 saturated carbocycles. The van der Waals surface area contributed by atoms with Gasteiger partial charge in [-0.25, -0.2) is 4.39 Å². The second-order valence-corrected chi connectivity index (χ2v) is 4.48. The molecule has 7 nitrogen and oxygen atoms in total. The predicted octanol–water partition coefficient (Wildman–Crippen LogP) is -0.698. The molecule has 0 aliphatic carbocycles. The van der Waals surface area contributed by atoms with Crippen LogP contribution in [0.5, 0.6) is 0 Å². The molecular formula is C11H15FN4O3. The Morgan fingerprint density at radius 1 is 1.63 bits per heavy atom. The Morgan fingerprint density at radius 2 is 2.42 bits per heavy atom. The number of nitrogens with two attached hydrogens (primary N) is 1. The smallest absolute Gasteiger partial charge is 0.273 e. The lowest BCUT2D eigenvalue weighted by atomic mass is 10.2. The molecule has 1 aliphatic rings. The van der Waals surface area contributed by atoms with Gasteiger partial charge in [-0.15, -0.1) is 0 Å². The largest absolute Gasteiger partial charge is 0.369 e. The van der Waals surface area contributed by atoms with Gasteiger partial charge in [-0.2, -0.15) is 0 Å². The van der Waals surface area contributed by atoms with E-state index in [1.165, 1.54) is 12.3 Å². The molecule has 0 aromatic carbocycles. The highest BCUT2D eigenvalue weighted by molar-refractivity contribution is 5.91. The van der Waals surface area contributed by atoms with Crippen LogP contribution in [0.25, 0.3) is 0 Å². The number of primary amides is 1. The van der Waals surface area contributed by atoms with Gasteiger partial charge in [0.2, 0.25) is 5.91 Å². The lowest BCUT2D eigenvalue weighted by Gasteiger charge is -2.22. The van der Waals surface area contributed by atoms with E-state index in [0.29, 0.717) is 0 Å². The summed E-state index contributed by atoms with van der Waals surface area (Å²) in [5.74, 6) is -0.906. The molecule has 2 amide bonds. The molecule has 2 heterocycles. The molecule has 2 rings (SSSR count). The first-order chi connectivity index (χ1) is 9.06. The molecular weight excluding hydrogens is 255 g/mol. The van der Waals surface area contributed by atoms with Gasteiger partial charge in [-0.05, 0) is 6.42 Å². The molecule has 3 N–H and O–H groups in total. The van der Waals surface area contributed by atoms with Crippen molar-refractivity contribution in [3.8, 4) is 0 Å². The van der Waals surface area contributed by atoms with Crippen LogP contribution in [0.4, 0.5) is 4.39 Å². The zero-order valence-corrected chi connectivity index (χ0v) is 10.2. The van der Waals surface area contributed by atoms with Gasteiger partial charge >= 0.3 is 0 Å². The van der Waals surface area contributed by atoms with Gasteiger partial charge in [0.25, 0.3) is 5.91 Å². The van der Waals surface area contributed by atoms with Crippen molar-refractivity contribution in [2.45, 2.75) is 18.6 Å². The third kappa shape index (κ3) is 3.50. The van der Waals surface area contributed by atoms with Gasteiger partial charge in [0.05, 0.1) is 6.54 Å². The number of rotatable bonds is 5. The number of carbonyl (C=O) groups is 2. The Kier molecular flexibility index (Phi) is 4.10. The summed E-state index contributed by atoms with van der Waals surface area (Å²) in [4.78, 5) is 24.2. The van der Waals surface area contributed by atoms with Crippen molar-refractivity contribution in [1.29, 1.82) is 0 Å². The molecule has 0 spiro atoms. The highest BCUT2D eigenvalue weighted by Gasteiger charge is 2.33. The maximum Gasteiger partial charge on any atom is 0.273 e. The minimum atomic E-state index is -1.01. The quantitative estimate of drug-likeness (QED) is 0.737. The van der Waals surface area contributed by atoms with Gasteiger partial charge in [0.1, 0.15) is 12.4 Å². The number of nitrogens with zero attached hydrogens (tertiary/aromatic N) is 2. The zero-order valence-electron chi connectivity index (χ0n) is 10.2. The van der Waals surface area contributed by atoms with E-state index in [-0.39, 0.29) is 37.8 Å². The first-order valence-corrected chi connectivity index (χ1v) is 5.91. The molecule has 8 heteroatoms. The van der Waals surface area contributed by atoms with E-state index in [1.807, 2.05) is 0 Å². The number of likely N-dealkylation sites (tertiary alicyclic amines) is 1.